The van der Waals surface area contributed by atoms with Crippen molar-refractivity contribution in [1.29, 1.82) is 0 Å². The summed E-state index contributed by atoms with van der Waals surface area (Å²) in [4.78, 5) is 10.9. The third kappa shape index (κ3) is 2.89. The minimum absolute atomic E-state index is 0.0186. The third-order valence-electron chi connectivity index (χ3n) is 2.40. The highest BCUT2D eigenvalue weighted by Crippen LogP contribution is 2.20. The van der Waals surface area contributed by atoms with Crippen LogP contribution in [0.4, 0.5) is 14.9 Å². The number of hydrogen-bond donors (Lipinski definition) is 3. The van der Waals surface area contributed by atoms with Crippen molar-refractivity contribution in [3.63, 3.8) is 0 Å². The van der Waals surface area contributed by atoms with Crippen molar-refractivity contribution in [3.05, 3.63) is 24.0 Å². The van der Waals surface area contributed by atoms with Crippen molar-refractivity contribution >= 4 is 21.7 Å². The molecule has 2 rings (SSSR count). The molecule has 8 heteroatoms. The van der Waals surface area contributed by atoms with E-state index in [1.165, 1.54) is 0 Å². The average Bonchev–Trinajstić information content (AvgIpc) is 3.04. The van der Waals surface area contributed by atoms with Gasteiger partial charge in [0.1, 0.15) is 10.7 Å². The number of anilines is 1. The maximum Gasteiger partial charge on any atom is 0.328 e. The number of carbonyl (C=O) groups excluding carboxylic acids is 1. The summed E-state index contributed by atoms with van der Waals surface area (Å²) in [7, 11) is -4.16. The number of nitrogens with two attached hydrogens (primary N) is 1. The molecular weight excluding hydrogens is 261 g/mol. The molecule has 1 fully saturated rings. The molecule has 0 atom stereocenters. The number of sulfonamides is 1. The molecule has 1 aromatic rings. The summed E-state index contributed by atoms with van der Waals surface area (Å²) in [6.45, 7) is 0. The van der Waals surface area contributed by atoms with Gasteiger partial charge < -0.3 is 11.1 Å². The van der Waals surface area contributed by atoms with Gasteiger partial charge in [0, 0.05) is 6.04 Å². The molecule has 1 saturated carbocycles. The molecule has 0 unspecified atom stereocenters. The fraction of sp³-hybridized carbons (Fsp3) is 0.300. The van der Waals surface area contributed by atoms with Crippen molar-refractivity contribution < 1.29 is 17.6 Å². The van der Waals surface area contributed by atoms with Gasteiger partial charge in [0.2, 0.25) is 0 Å². The second-order valence-electron chi connectivity index (χ2n) is 4.04. The van der Waals surface area contributed by atoms with E-state index in [0.29, 0.717) is 0 Å². The Morgan fingerprint density at radius 1 is 1.39 bits per heavy atom. The number of amides is 2. The van der Waals surface area contributed by atoms with Crippen molar-refractivity contribution in [1.82, 2.24) is 10.0 Å². The Morgan fingerprint density at radius 3 is 2.67 bits per heavy atom. The van der Waals surface area contributed by atoms with Gasteiger partial charge in [-0.3, -0.25) is 0 Å². The van der Waals surface area contributed by atoms with Crippen LogP contribution in [0.1, 0.15) is 12.8 Å². The van der Waals surface area contributed by atoms with E-state index in [4.69, 9.17) is 5.73 Å². The molecule has 1 aromatic carbocycles. The molecule has 0 heterocycles. The minimum atomic E-state index is -4.16. The SMILES string of the molecule is Nc1ccc(F)cc1S(=O)(=O)NC(=O)NC1CC1. The normalized spacial score (nSPS) is 15.2. The van der Waals surface area contributed by atoms with Crippen LogP contribution in [0.5, 0.6) is 0 Å². The molecular formula is C10H12FN3O3S. The standard InChI is InChI=1S/C10H12FN3O3S/c11-6-1-4-8(12)9(5-6)18(16,17)14-10(15)13-7-2-3-7/h1,4-5,7H,2-3,12H2,(H2,13,14,15). The Labute approximate surface area is 103 Å². The molecule has 0 aliphatic heterocycles. The first-order chi connectivity index (χ1) is 8.38. The summed E-state index contributed by atoms with van der Waals surface area (Å²) >= 11 is 0. The zero-order valence-electron chi connectivity index (χ0n) is 9.31. The largest absolute Gasteiger partial charge is 0.398 e. The summed E-state index contributed by atoms with van der Waals surface area (Å²) in [6, 6.07) is 2.12. The highest BCUT2D eigenvalue weighted by Gasteiger charge is 2.26. The molecule has 1 aliphatic carbocycles. The maximum absolute atomic E-state index is 13.0. The number of hydrogen-bond acceptors (Lipinski definition) is 4. The van der Waals surface area contributed by atoms with Crippen LogP contribution >= 0.6 is 0 Å². The van der Waals surface area contributed by atoms with E-state index < -0.39 is 26.8 Å². The molecule has 1 aliphatic rings. The molecule has 0 aromatic heterocycles. The van der Waals surface area contributed by atoms with Gasteiger partial charge in [0.15, 0.2) is 0 Å². The van der Waals surface area contributed by atoms with Crippen LogP contribution in [0, 0.1) is 5.82 Å². The van der Waals surface area contributed by atoms with Crippen molar-refractivity contribution in [2.75, 3.05) is 5.73 Å². The zero-order valence-corrected chi connectivity index (χ0v) is 10.1. The van der Waals surface area contributed by atoms with Crippen LogP contribution in [-0.2, 0) is 10.0 Å². The molecule has 0 spiro atoms. The number of urea groups is 1. The van der Waals surface area contributed by atoms with E-state index in [2.05, 4.69) is 5.32 Å². The first kappa shape index (κ1) is 12.6. The van der Waals surface area contributed by atoms with E-state index in [1.807, 2.05) is 0 Å². The number of nitrogen functional groups attached to an aromatic ring is 1. The van der Waals surface area contributed by atoms with Gasteiger partial charge in [0.25, 0.3) is 10.0 Å². The van der Waals surface area contributed by atoms with E-state index in [9.17, 15) is 17.6 Å². The lowest BCUT2D eigenvalue weighted by molar-refractivity contribution is 0.245. The second kappa shape index (κ2) is 4.45. The predicted octanol–water partition coefficient (Wildman–Crippen LogP) is 0.558. The maximum atomic E-state index is 13.0. The Bertz CT molecular complexity index is 584. The first-order valence-corrected chi connectivity index (χ1v) is 6.75. The molecule has 6 nitrogen and oxygen atoms in total. The minimum Gasteiger partial charge on any atom is -0.398 e. The molecule has 4 N–H and O–H groups in total. The van der Waals surface area contributed by atoms with Gasteiger partial charge in [0.05, 0.1) is 5.69 Å². The molecule has 0 radical (unpaired) electrons. The van der Waals surface area contributed by atoms with E-state index >= 15 is 0 Å². The molecule has 0 saturated heterocycles. The van der Waals surface area contributed by atoms with Crippen LogP contribution in [0.15, 0.2) is 23.1 Å². The van der Waals surface area contributed by atoms with E-state index in [-0.39, 0.29) is 11.7 Å². The molecule has 2 amide bonds. The number of benzene rings is 1. The molecule has 0 bridgehead atoms. The van der Waals surface area contributed by atoms with Crippen LogP contribution in [0.25, 0.3) is 0 Å². The lowest BCUT2D eigenvalue weighted by Crippen LogP contribution is -2.40. The topological polar surface area (TPSA) is 101 Å². The summed E-state index contributed by atoms with van der Waals surface area (Å²) in [5.74, 6) is -0.743. The fourth-order valence-electron chi connectivity index (χ4n) is 1.36. The molecule has 98 valence electrons. The lowest BCUT2D eigenvalue weighted by atomic mass is 10.3. The number of halogens is 1. The second-order valence-corrected chi connectivity index (χ2v) is 5.69. The number of carbonyl (C=O) groups is 1. The van der Waals surface area contributed by atoms with Crippen LogP contribution in [0.2, 0.25) is 0 Å². The average molecular weight is 273 g/mol. The van der Waals surface area contributed by atoms with Gasteiger partial charge in [-0.05, 0) is 31.0 Å². The van der Waals surface area contributed by atoms with Crippen LogP contribution in [-0.4, -0.2) is 20.5 Å². The summed E-state index contributed by atoms with van der Waals surface area (Å²) in [6.07, 6.45) is 1.66. The Kier molecular flexibility index (Phi) is 3.12. The monoisotopic (exact) mass is 273 g/mol. The van der Waals surface area contributed by atoms with E-state index in [0.717, 1.165) is 31.0 Å². The van der Waals surface area contributed by atoms with Crippen molar-refractivity contribution in [2.24, 2.45) is 0 Å². The predicted molar refractivity (Wildman–Crippen MR) is 62.7 cm³/mol. The smallest absolute Gasteiger partial charge is 0.328 e. The number of rotatable bonds is 3. The Morgan fingerprint density at radius 2 is 2.06 bits per heavy atom. The third-order valence-corrected chi connectivity index (χ3v) is 3.79. The summed E-state index contributed by atoms with van der Waals surface area (Å²) < 4.78 is 38.4. The van der Waals surface area contributed by atoms with Gasteiger partial charge in [-0.2, -0.15) is 0 Å². The first-order valence-electron chi connectivity index (χ1n) is 5.27. The molecule has 18 heavy (non-hydrogen) atoms. The fourth-order valence-corrected chi connectivity index (χ4v) is 2.42. The van der Waals surface area contributed by atoms with Gasteiger partial charge >= 0.3 is 6.03 Å². The Balaban J connectivity index is 2.18. The van der Waals surface area contributed by atoms with Gasteiger partial charge in [-0.1, -0.05) is 0 Å². The quantitative estimate of drug-likeness (QED) is 0.700. The number of nitrogens with one attached hydrogen (secondary N) is 2. The van der Waals surface area contributed by atoms with E-state index in [1.54, 1.807) is 4.72 Å². The summed E-state index contributed by atoms with van der Waals surface area (Å²) in [5, 5.41) is 2.45. The van der Waals surface area contributed by atoms with Crippen LogP contribution < -0.4 is 15.8 Å². The zero-order chi connectivity index (χ0) is 13.3. The van der Waals surface area contributed by atoms with Gasteiger partial charge in [-0.25, -0.2) is 22.3 Å². The Hall–Kier alpha value is -1.83. The van der Waals surface area contributed by atoms with Crippen molar-refractivity contribution in [3.8, 4) is 0 Å². The van der Waals surface area contributed by atoms with Crippen LogP contribution in [0.3, 0.4) is 0 Å². The lowest BCUT2D eigenvalue weighted by Gasteiger charge is -2.09. The summed E-state index contributed by atoms with van der Waals surface area (Å²) in [5.41, 5.74) is 5.33. The van der Waals surface area contributed by atoms with Crippen molar-refractivity contribution in [2.45, 2.75) is 23.8 Å². The van der Waals surface area contributed by atoms with Gasteiger partial charge in [-0.15, -0.1) is 0 Å². The highest BCUT2D eigenvalue weighted by atomic mass is 32.2. The highest BCUT2D eigenvalue weighted by molar-refractivity contribution is 7.90.